The topological polar surface area (TPSA) is 68.5 Å². The normalized spacial score (nSPS) is 11.9. The summed E-state index contributed by atoms with van der Waals surface area (Å²) in [6.45, 7) is 1.98. The predicted octanol–water partition coefficient (Wildman–Crippen LogP) is 5.85. The minimum absolute atomic E-state index is 0.0386. The van der Waals surface area contributed by atoms with E-state index in [1.807, 2.05) is 29.7 Å². The number of benzene rings is 3. The molecule has 1 N–H and O–H groups in total. The number of ether oxygens (including phenoxy) is 1. The summed E-state index contributed by atoms with van der Waals surface area (Å²) in [5.41, 5.74) is 4.86. The van der Waals surface area contributed by atoms with Gasteiger partial charge in [-0.1, -0.05) is 36.4 Å². The van der Waals surface area contributed by atoms with E-state index in [1.165, 1.54) is 30.3 Å². The van der Waals surface area contributed by atoms with Crippen molar-refractivity contribution >= 4 is 17.0 Å². The van der Waals surface area contributed by atoms with Crippen LogP contribution >= 0.6 is 0 Å². The van der Waals surface area contributed by atoms with E-state index in [0.29, 0.717) is 6.42 Å². The Morgan fingerprint density at radius 3 is 2.34 bits per heavy atom. The largest absolute Gasteiger partial charge is 0.462 e. The third-order valence-corrected chi connectivity index (χ3v) is 6.26. The van der Waals surface area contributed by atoms with Crippen LogP contribution in [0.1, 0.15) is 27.2 Å². The van der Waals surface area contributed by atoms with Gasteiger partial charge in [-0.15, -0.1) is 0 Å². The number of hydrogen-bond donors (Lipinski definition) is 1. The van der Waals surface area contributed by atoms with Crippen LogP contribution in [0, 0.1) is 18.6 Å². The Morgan fingerprint density at radius 1 is 1.00 bits per heavy atom. The Kier molecular flexibility index (Phi) is 7.53. The molecule has 4 aromatic rings. The molecule has 0 fully saturated rings. The fraction of sp³-hybridized carbons (Fsp3) is 0.148. The van der Waals surface area contributed by atoms with Gasteiger partial charge in [-0.2, -0.15) is 0 Å². The van der Waals surface area contributed by atoms with Crippen LogP contribution in [0.4, 0.5) is 8.78 Å². The summed E-state index contributed by atoms with van der Waals surface area (Å²) < 4.78 is 55.0. The fourth-order valence-electron chi connectivity index (χ4n) is 3.92. The Hall–Kier alpha value is -3.62. The van der Waals surface area contributed by atoms with Gasteiger partial charge in [0.15, 0.2) is 11.1 Å². The van der Waals surface area contributed by atoms with Crippen molar-refractivity contribution in [1.29, 1.82) is 0 Å². The standard InChI is InChI=1S/C27H23F2NO4S/c1-18-21(14-15-34-27(31)24-4-2-3-5-25(24)29)16-26(30(18)23-12-10-22(28)11-13-23)20-8-6-19(7-9-20)17-35(32)33/h2-13,16H,14-15,17H2,1H3,(H,32,33). The van der Waals surface area contributed by atoms with Crippen molar-refractivity contribution in [2.45, 2.75) is 19.1 Å². The second-order valence-corrected chi connectivity index (χ2v) is 8.91. The molecule has 1 heterocycles. The zero-order chi connectivity index (χ0) is 24.9. The maximum absolute atomic E-state index is 13.9. The highest BCUT2D eigenvalue weighted by atomic mass is 32.2. The van der Waals surface area contributed by atoms with Crippen molar-refractivity contribution in [1.82, 2.24) is 4.57 Å². The van der Waals surface area contributed by atoms with Crippen LogP contribution in [-0.4, -0.2) is 25.9 Å². The van der Waals surface area contributed by atoms with Gasteiger partial charge in [0.25, 0.3) is 0 Å². The van der Waals surface area contributed by atoms with E-state index < -0.39 is 22.9 Å². The number of carbonyl (C=O) groups is 1. The zero-order valence-electron chi connectivity index (χ0n) is 18.9. The fourth-order valence-corrected chi connectivity index (χ4v) is 4.40. The van der Waals surface area contributed by atoms with E-state index in [2.05, 4.69) is 0 Å². The minimum atomic E-state index is -1.93. The highest BCUT2D eigenvalue weighted by Crippen LogP contribution is 2.30. The first-order valence-electron chi connectivity index (χ1n) is 10.9. The molecule has 0 amide bonds. The first kappa shape index (κ1) is 24.5. The molecular formula is C27H23F2NO4S. The molecule has 0 saturated heterocycles. The molecule has 0 aliphatic heterocycles. The molecule has 0 radical (unpaired) electrons. The quantitative estimate of drug-likeness (QED) is 0.246. The van der Waals surface area contributed by atoms with Crippen molar-refractivity contribution < 1.29 is 27.1 Å². The maximum atomic E-state index is 13.9. The summed E-state index contributed by atoms with van der Waals surface area (Å²) in [7, 11) is 0. The average Bonchev–Trinajstić information content (AvgIpc) is 3.16. The lowest BCUT2D eigenvalue weighted by molar-refractivity contribution is 0.0504. The monoisotopic (exact) mass is 495 g/mol. The van der Waals surface area contributed by atoms with Crippen molar-refractivity contribution in [2.75, 3.05) is 6.61 Å². The average molecular weight is 496 g/mol. The Labute approximate surface area is 204 Å². The van der Waals surface area contributed by atoms with Crippen molar-refractivity contribution in [2.24, 2.45) is 0 Å². The number of hydrogen-bond acceptors (Lipinski definition) is 3. The second-order valence-electron chi connectivity index (χ2n) is 7.98. The first-order valence-corrected chi connectivity index (χ1v) is 12.2. The van der Waals surface area contributed by atoms with E-state index in [4.69, 9.17) is 9.29 Å². The van der Waals surface area contributed by atoms with E-state index in [9.17, 15) is 17.8 Å². The van der Waals surface area contributed by atoms with Gasteiger partial charge in [-0.25, -0.2) is 17.8 Å². The Morgan fingerprint density at radius 2 is 1.69 bits per heavy atom. The lowest BCUT2D eigenvalue weighted by Crippen LogP contribution is -2.10. The zero-order valence-corrected chi connectivity index (χ0v) is 19.7. The van der Waals surface area contributed by atoms with Crippen LogP contribution in [0.3, 0.4) is 0 Å². The Bertz CT molecular complexity index is 1370. The van der Waals surface area contributed by atoms with Crippen LogP contribution < -0.4 is 0 Å². The molecule has 4 rings (SSSR count). The minimum Gasteiger partial charge on any atom is -0.462 e. The summed E-state index contributed by atoms with van der Waals surface area (Å²) in [6, 6.07) is 21.0. The summed E-state index contributed by atoms with van der Waals surface area (Å²) in [5, 5.41) is 0. The molecule has 1 unspecified atom stereocenters. The number of rotatable bonds is 8. The third-order valence-electron chi connectivity index (χ3n) is 5.67. The number of esters is 1. The highest BCUT2D eigenvalue weighted by Gasteiger charge is 2.17. The van der Waals surface area contributed by atoms with E-state index in [0.717, 1.165) is 33.8 Å². The maximum Gasteiger partial charge on any atom is 0.341 e. The van der Waals surface area contributed by atoms with Crippen LogP contribution in [0.15, 0.2) is 78.9 Å². The van der Waals surface area contributed by atoms with Crippen molar-refractivity contribution in [3.05, 3.63) is 113 Å². The molecule has 0 bridgehead atoms. The summed E-state index contributed by atoms with van der Waals surface area (Å²) >= 11 is -1.93. The van der Waals surface area contributed by atoms with Crippen LogP contribution in [0.2, 0.25) is 0 Å². The van der Waals surface area contributed by atoms with Gasteiger partial charge in [0, 0.05) is 17.8 Å². The smallest absolute Gasteiger partial charge is 0.341 e. The molecule has 0 spiro atoms. The van der Waals surface area contributed by atoms with E-state index >= 15 is 0 Å². The van der Waals surface area contributed by atoms with E-state index in [-0.39, 0.29) is 23.7 Å². The molecule has 1 atom stereocenters. The molecule has 35 heavy (non-hydrogen) atoms. The summed E-state index contributed by atoms with van der Waals surface area (Å²) in [5.74, 6) is -1.67. The first-order chi connectivity index (χ1) is 16.8. The third kappa shape index (κ3) is 5.72. The van der Waals surface area contributed by atoms with Gasteiger partial charge in [0.1, 0.15) is 11.6 Å². The lowest BCUT2D eigenvalue weighted by atomic mass is 10.1. The molecule has 3 aromatic carbocycles. The van der Waals surface area contributed by atoms with Crippen LogP contribution in [0.5, 0.6) is 0 Å². The van der Waals surface area contributed by atoms with E-state index in [1.54, 1.807) is 30.3 Å². The molecule has 0 aliphatic carbocycles. The number of carbonyl (C=O) groups excluding carboxylic acids is 1. The number of halogens is 2. The number of aromatic nitrogens is 1. The summed E-state index contributed by atoms with van der Waals surface area (Å²) in [6.07, 6.45) is 0.398. The highest BCUT2D eigenvalue weighted by molar-refractivity contribution is 7.78. The second kappa shape index (κ2) is 10.8. The lowest BCUT2D eigenvalue weighted by Gasteiger charge is -2.13. The molecule has 8 heteroatoms. The molecule has 0 aliphatic rings. The predicted molar refractivity (Wildman–Crippen MR) is 131 cm³/mol. The van der Waals surface area contributed by atoms with Crippen molar-refractivity contribution in [3.63, 3.8) is 0 Å². The summed E-state index contributed by atoms with van der Waals surface area (Å²) in [4.78, 5) is 12.3. The van der Waals surface area contributed by atoms with Crippen molar-refractivity contribution in [3.8, 4) is 16.9 Å². The SMILES string of the molecule is Cc1c(CCOC(=O)c2ccccc2F)cc(-c2ccc(CS(=O)O)cc2)n1-c1ccc(F)cc1. The van der Waals surface area contributed by atoms with Gasteiger partial charge >= 0.3 is 5.97 Å². The molecule has 180 valence electrons. The van der Waals surface area contributed by atoms with Gasteiger partial charge in [0.2, 0.25) is 0 Å². The number of nitrogens with zero attached hydrogens (tertiary/aromatic N) is 1. The molecule has 1 aromatic heterocycles. The molecule has 0 saturated carbocycles. The molecule has 5 nitrogen and oxygen atoms in total. The van der Waals surface area contributed by atoms with Gasteiger partial charge in [0.05, 0.1) is 23.6 Å². The van der Waals surface area contributed by atoms with Gasteiger partial charge < -0.3 is 13.9 Å². The van der Waals surface area contributed by atoms with Crippen LogP contribution in [-0.2, 0) is 28.0 Å². The van der Waals surface area contributed by atoms with Crippen LogP contribution in [0.25, 0.3) is 16.9 Å². The van der Waals surface area contributed by atoms with Gasteiger partial charge in [-0.3, -0.25) is 0 Å². The molecular weight excluding hydrogens is 472 g/mol. The van der Waals surface area contributed by atoms with Gasteiger partial charge in [-0.05, 0) is 66.1 Å². The Balaban J connectivity index is 1.62.